The van der Waals surface area contributed by atoms with Crippen LogP contribution >= 0.6 is 22.6 Å². The summed E-state index contributed by atoms with van der Waals surface area (Å²) in [5, 5.41) is 0. The standard InChI is InChI=1S/C14H18FIN4/c1-2-6-20-7-5-18-14(20)9-13(19-17)11-4-3-10(15)8-12(11)16/h3-5,7-8,13,19H,2,6,9,17H2,1H3. The lowest BCUT2D eigenvalue weighted by molar-refractivity contribution is 0.514. The largest absolute Gasteiger partial charge is 0.335 e. The quantitative estimate of drug-likeness (QED) is 0.455. The van der Waals surface area contributed by atoms with E-state index in [4.69, 9.17) is 5.84 Å². The fourth-order valence-corrected chi connectivity index (χ4v) is 3.05. The third kappa shape index (κ3) is 3.56. The van der Waals surface area contributed by atoms with Crippen LogP contribution in [0.15, 0.2) is 30.6 Å². The van der Waals surface area contributed by atoms with E-state index in [9.17, 15) is 4.39 Å². The van der Waals surface area contributed by atoms with Crippen molar-refractivity contribution in [2.75, 3.05) is 0 Å². The number of halogens is 2. The summed E-state index contributed by atoms with van der Waals surface area (Å²) in [5.41, 5.74) is 3.79. The molecule has 0 aliphatic rings. The fraction of sp³-hybridized carbons (Fsp3) is 0.357. The predicted octanol–water partition coefficient (Wildman–Crippen LogP) is 2.78. The average Bonchev–Trinajstić information content (AvgIpc) is 2.84. The number of nitrogens with two attached hydrogens (primary N) is 1. The number of imidazole rings is 1. The van der Waals surface area contributed by atoms with Crippen LogP contribution in [-0.4, -0.2) is 9.55 Å². The van der Waals surface area contributed by atoms with Crippen molar-refractivity contribution in [3.05, 3.63) is 51.4 Å². The molecule has 2 aromatic rings. The number of aryl methyl sites for hydroxylation is 1. The Balaban J connectivity index is 2.22. The van der Waals surface area contributed by atoms with Crippen molar-refractivity contribution in [1.82, 2.24) is 15.0 Å². The highest BCUT2D eigenvalue weighted by Gasteiger charge is 2.16. The highest BCUT2D eigenvalue weighted by Crippen LogP contribution is 2.23. The number of nitrogens with one attached hydrogen (secondary N) is 1. The molecule has 0 aliphatic carbocycles. The number of rotatable bonds is 6. The molecule has 0 radical (unpaired) electrons. The van der Waals surface area contributed by atoms with Crippen LogP contribution in [0, 0.1) is 9.39 Å². The van der Waals surface area contributed by atoms with Crippen LogP contribution in [0.25, 0.3) is 0 Å². The number of hydrazine groups is 1. The number of benzene rings is 1. The van der Waals surface area contributed by atoms with E-state index in [-0.39, 0.29) is 11.9 Å². The van der Waals surface area contributed by atoms with Gasteiger partial charge in [0.05, 0.1) is 6.04 Å². The average molecular weight is 388 g/mol. The lowest BCUT2D eigenvalue weighted by Gasteiger charge is -2.18. The predicted molar refractivity (Wildman–Crippen MR) is 85.4 cm³/mol. The molecule has 0 amide bonds. The van der Waals surface area contributed by atoms with Crippen LogP contribution < -0.4 is 11.3 Å². The Morgan fingerprint density at radius 2 is 2.30 bits per heavy atom. The molecule has 1 heterocycles. The molecule has 0 fully saturated rings. The van der Waals surface area contributed by atoms with Gasteiger partial charge in [0.1, 0.15) is 11.6 Å². The molecule has 0 aliphatic heterocycles. The molecule has 4 nitrogen and oxygen atoms in total. The number of hydrogen-bond acceptors (Lipinski definition) is 3. The lowest BCUT2D eigenvalue weighted by Crippen LogP contribution is -2.31. The van der Waals surface area contributed by atoms with Gasteiger partial charge in [0.25, 0.3) is 0 Å². The summed E-state index contributed by atoms with van der Waals surface area (Å²) in [6, 6.07) is 4.66. The van der Waals surface area contributed by atoms with E-state index >= 15 is 0 Å². The minimum absolute atomic E-state index is 0.0829. The van der Waals surface area contributed by atoms with Crippen LogP contribution in [0.1, 0.15) is 30.8 Å². The van der Waals surface area contributed by atoms with Crippen LogP contribution in [-0.2, 0) is 13.0 Å². The highest BCUT2D eigenvalue weighted by molar-refractivity contribution is 14.1. The Kier molecular flexibility index (Phi) is 5.50. The second-order valence-corrected chi connectivity index (χ2v) is 5.79. The zero-order valence-corrected chi connectivity index (χ0v) is 13.5. The maximum atomic E-state index is 13.2. The molecule has 2 rings (SSSR count). The van der Waals surface area contributed by atoms with Crippen LogP contribution in [0.2, 0.25) is 0 Å². The summed E-state index contributed by atoms with van der Waals surface area (Å²) < 4.78 is 16.2. The van der Waals surface area contributed by atoms with Crippen molar-refractivity contribution < 1.29 is 4.39 Å². The topological polar surface area (TPSA) is 55.9 Å². The number of nitrogens with zero attached hydrogens (tertiary/aromatic N) is 2. The molecule has 0 saturated heterocycles. The summed E-state index contributed by atoms with van der Waals surface area (Å²) in [4.78, 5) is 4.39. The van der Waals surface area contributed by atoms with Gasteiger partial charge in [-0.15, -0.1) is 0 Å². The van der Waals surface area contributed by atoms with Crippen molar-refractivity contribution in [1.29, 1.82) is 0 Å². The minimum atomic E-state index is -0.235. The molecular formula is C14H18FIN4. The van der Waals surface area contributed by atoms with Gasteiger partial charge in [-0.3, -0.25) is 11.3 Å². The number of aromatic nitrogens is 2. The Morgan fingerprint density at radius 1 is 1.50 bits per heavy atom. The van der Waals surface area contributed by atoms with Gasteiger partial charge in [0, 0.05) is 28.9 Å². The minimum Gasteiger partial charge on any atom is -0.335 e. The van der Waals surface area contributed by atoms with Crippen LogP contribution in [0.3, 0.4) is 0 Å². The van der Waals surface area contributed by atoms with Crippen molar-refractivity contribution in [2.45, 2.75) is 32.4 Å². The van der Waals surface area contributed by atoms with Gasteiger partial charge < -0.3 is 4.57 Å². The maximum Gasteiger partial charge on any atom is 0.124 e. The molecule has 6 heteroatoms. The first kappa shape index (κ1) is 15.4. The zero-order valence-electron chi connectivity index (χ0n) is 11.3. The molecule has 108 valence electrons. The first-order valence-electron chi connectivity index (χ1n) is 6.56. The second-order valence-electron chi connectivity index (χ2n) is 4.63. The van der Waals surface area contributed by atoms with E-state index in [1.165, 1.54) is 12.1 Å². The van der Waals surface area contributed by atoms with Gasteiger partial charge in [-0.25, -0.2) is 9.37 Å². The monoisotopic (exact) mass is 388 g/mol. The summed E-state index contributed by atoms with van der Waals surface area (Å²) in [7, 11) is 0. The molecule has 1 aromatic carbocycles. The van der Waals surface area contributed by atoms with Crippen LogP contribution in [0.4, 0.5) is 4.39 Å². The van der Waals surface area contributed by atoms with Gasteiger partial charge >= 0.3 is 0 Å². The van der Waals surface area contributed by atoms with Crippen molar-refractivity contribution in [3.8, 4) is 0 Å². The van der Waals surface area contributed by atoms with E-state index < -0.39 is 0 Å². The van der Waals surface area contributed by atoms with Gasteiger partial charge in [-0.2, -0.15) is 0 Å². The van der Waals surface area contributed by atoms with Gasteiger partial charge in [0.15, 0.2) is 0 Å². The highest BCUT2D eigenvalue weighted by atomic mass is 127. The van der Waals surface area contributed by atoms with Crippen LogP contribution in [0.5, 0.6) is 0 Å². The van der Waals surface area contributed by atoms with E-state index in [0.717, 1.165) is 27.9 Å². The molecule has 1 unspecified atom stereocenters. The third-order valence-corrected chi connectivity index (χ3v) is 4.13. The molecule has 3 N–H and O–H groups in total. The van der Waals surface area contributed by atoms with E-state index in [0.29, 0.717) is 6.42 Å². The summed E-state index contributed by atoms with van der Waals surface area (Å²) in [6.45, 7) is 3.07. The third-order valence-electron chi connectivity index (χ3n) is 3.19. The van der Waals surface area contributed by atoms with E-state index in [1.54, 1.807) is 12.3 Å². The Hall–Kier alpha value is -0.990. The first-order valence-corrected chi connectivity index (χ1v) is 7.64. The Morgan fingerprint density at radius 3 is 2.95 bits per heavy atom. The van der Waals surface area contributed by atoms with Gasteiger partial charge in [-0.05, 0) is 46.7 Å². The Labute approximate surface area is 131 Å². The lowest BCUT2D eigenvalue weighted by atomic mass is 10.0. The smallest absolute Gasteiger partial charge is 0.124 e. The maximum absolute atomic E-state index is 13.2. The van der Waals surface area contributed by atoms with E-state index in [1.807, 2.05) is 6.20 Å². The first-order chi connectivity index (χ1) is 9.65. The molecule has 1 atom stereocenters. The SMILES string of the molecule is CCCn1ccnc1CC(NN)c1ccc(F)cc1I. The van der Waals surface area contributed by atoms with E-state index in [2.05, 4.69) is 44.5 Å². The van der Waals surface area contributed by atoms with Gasteiger partial charge in [-0.1, -0.05) is 13.0 Å². The van der Waals surface area contributed by atoms with Crippen molar-refractivity contribution in [3.63, 3.8) is 0 Å². The number of hydrogen-bond donors (Lipinski definition) is 2. The normalized spacial score (nSPS) is 12.6. The molecule has 0 saturated carbocycles. The Bertz CT molecular complexity index is 570. The second kappa shape index (κ2) is 7.14. The zero-order chi connectivity index (χ0) is 14.5. The fourth-order valence-electron chi connectivity index (χ4n) is 2.20. The molecule has 0 spiro atoms. The van der Waals surface area contributed by atoms with Crippen molar-refractivity contribution in [2.24, 2.45) is 5.84 Å². The summed E-state index contributed by atoms with van der Waals surface area (Å²) >= 11 is 2.13. The molecule has 0 bridgehead atoms. The molecule has 1 aromatic heterocycles. The summed E-state index contributed by atoms with van der Waals surface area (Å²) in [5.74, 6) is 6.41. The van der Waals surface area contributed by atoms with Crippen molar-refractivity contribution >= 4 is 22.6 Å². The van der Waals surface area contributed by atoms with Gasteiger partial charge in [0.2, 0.25) is 0 Å². The summed E-state index contributed by atoms with van der Waals surface area (Å²) in [6.07, 6.45) is 5.50. The molecular weight excluding hydrogens is 370 g/mol. The molecule has 20 heavy (non-hydrogen) atoms.